The van der Waals surface area contributed by atoms with Gasteiger partial charge in [-0.05, 0) is 12.5 Å². The fourth-order valence-electron chi connectivity index (χ4n) is 1.50. The first-order chi connectivity index (χ1) is 6.70. The number of hydrogen-bond donors (Lipinski definition) is 1. The van der Waals surface area contributed by atoms with Crippen LogP contribution in [0.3, 0.4) is 0 Å². The molecule has 1 atom stereocenters. The maximum absolute atomic E-state index is 13.3. The molecule has 0 saturated heterocycles. The monoisotopic (exact) mass is 197 g/mol. The van der Waals surface area contributed by atoms with Crippen molar-refractivity contribution in [3.63, 3.8) is 0 Å². The second-order valence-corrected chi connectivity index (χ2v) is 3.26. The van der Waals surface area contributed by atoms with Gasteiger partial charge in [0.15, 0.2) is 11.6 Å². The van der Waals surface area contributed by atoms with E-state index in [1.54, 1.807) is 6.07 Å². The number of nitrogens with two attached hydrogens (primary N) is 1. The molecule has 0 aliphatic carbocycles. The Morgan fingerprint density at radius 3 is 2.79 bits per heavy atom. The minimum absolute atomic E-state index is 0.148. The standard InChI is InChI=1S/C11H16FNO/c1-3-5-10(13)8-6-4-7-9(12)11(8)14-2/h4,6-7,10H,3,5,13H2,1-2H3. The first kappa shape index (κ1) is 11.0. The van der Waals surface area contributed by atoms with Crippen molar-refractivity contribution in [3.05, 3.63) is 29.6 Å². The Hall–Kier alpha value is -1.09. The van der Waals surface area contributed by atoms with Gasteiger partial charge in [0.05, 0.1) is 7.11 Å². The highest BCUT2D eigenvalue weighted by Crippen LogP contribution is 2.28. The number of hydrogen-bond acceptors (Lipinski definition) is 2. The van der Waals surface area contributed by atoms with Gasteiger partial charge in [0.1, 0.15) is 0 Å². The van der Waals surface area contributed by atoms with Crippen LogP contribution in [0.25, 0.3) is 0 Å². The van der Waals surface area contributed by atoms with Crippen LogP contribution in [-0.2, 0) is 0 Å². The van der Waals surface area contributed by atoms with Gasteiger partial charge in [-0.2, -0.15) is 0 Å². The third-order valence-corrected chi connectivity index (χ3v) is 2.20. The second-order valence-electron chi connectivity index (χ2n) is 3.26. The van der Waals surface area contributed by atoms with Crippen LogP contribution in [0.2, 0.25) is 0 Å². The van der Waals surface area contributed by atoms with Crippen molar-refractivity contribution in [1.29, 1.82) is 0 Å². The molecule has 1 unspecified atom stereocenters. The van der Waals surface area contributed by atoms with Crippen LogP contribution < -0.4 is 10.5 Å². The predicted molar refractivity (Wildman–Crippen MR) is 54.8 cm³/mol. The van der Waals surface area contributed by atoms with Crippen LogP contribution >= 0.6 is 0 Å². The smallest absolute Gasteiger partial charge is 0.165 e. The molecule has 0 bridgehead atoms. The average molecular weight is 197 g/mol. The Labute approximate surface area is 83.9 Å². The van der Waals surface area contributed by atoms with E-state index in [0.29, 0.717) is 0 Å². The quantitative estimate of drug-likeness (QED) is 0.805. The summed E-state index contributed by atoms with van der Waals surface area (Å²) < 4.78 is 18.3. The van der Waals surface area contributed by atoms with E-state index in [9.17, 15) is 4.39 Å². The van der Waals surface area contributed by atoms with E-state index in [2.05, 4.69) is 0 Å². The zero-order chi connectivity index (χ0) is 10.6. The van der Waals surface area contributed by atoms with Crippen molar-refractivity contribution in [3.8, 4) is 5.75 Å². The largest absolute Gasteiger partial charge is 0.493 e. The zero-order valence-electron chi connectivity index (χ0n) is 8.59. The van der Waals surface area contributed by atoms with Gasteiger partial charge in [-0.15, -0.1) is 0 Å². The summed E-state index contributed by atoms with van der Waals surface area (Å²) >= 11 is 0. The minimum Gasteiger partial charge on any atom is -0.493 e. The molecule has 0 aliphatic heterocycles. The summed E-state index contributed by atoms with van der Waals surface area (Å²) in [6.45, 7) is 2.05. The lowest BCUT2D eigenvalue weighted by atomic mass is 10.0. The van der Waals surface area contributed by atoms with E-state index in [-0.39, 0.29) is 17.6 Å². The molecule has 0 saturated carbocycles. The molecule has 0 fully saturated rings. The molecule has 0 heterocycles. The lowest BCUT2D eigenvalue weighted by Gasteiger charge is -2.15. The Morgan fingerprint density at radius 2 is 2.21 bits per heavy atom. The van der Waals surface area contributed by atoms with E-state index in [1.807, 2.05) is 13.0 Å². The van der Waals surface area contributed by atoms with Crippen molar-refractivity contribution < 1.29 is 9.13 Å². The fourth-order valence-corrected chi connectivity index (χ4v) is 1.50. The summed E-state index contributed by atoms with van der Waals surface area (Å²) in [4.78, 5) is 0. The van der Waals surface area contributed by atoms with Gasteiger partial charge in [0.2, 0.25) is 0 Å². The summed E-state index contributed by atoms with van der Waals surface area (Å²) in [5.74, 6) is -0.0787. The first-order valence-electron chi connectivity index (χ1n) is 4.78. The van der Waals surface area contributed by atoms with Gasteiger partial charge in [0, 0.05) is 11.6 Å². The van der Waals surface area contributed by atoms with Gasteiger partial charge in [-0.1, -0.05) is 25.5 Å². The maximum atomic E-state index is 13.3. The molecule has 1 aromatic rings. The summed E-state index contributed by atoms with van der Waals surface area (Å²) in [5.41, 5.74) is 6.65. The van der Waals surface area contributed by atoms with Crippen LogP contribution in [0.4, 0.5) is 4.39 Å². The number of ether oxygens (including phenoxy) is 1. The average Bonchev–Trinajstić information content (AvgIpc) is 2.17. The number of benzene rings is 1. The SMILES string of the molecule is CCCC(N)c1cccc(F)c1OC. The number of rotatable bonds is 4. The lowest BCUT2D eigenvalue weighted by molar-refractivity contribution is 0.376. The highest BCUT2D eigenvalue weighted by molar-refractivity contribution is 5.37. The van der Waals surface area contributed by atoms with Gasteiger partial charge in [-0.3, -0.25) is 0 Å². The Morgan fingerprint density at radius 1 is 1.50 bits per heavy atom. The van der Waals surface area contributed by atoms with Crippen LogP contribution in [0.1, 0.15) is 31.4 Å². The number of methoxy groups -OCH3 is 1. The van der Waals surface area contributed by atoms with Crippen molar-refractivity contribution in [2.24, 2.45) is 5.73 Å². The van der Waals surface area contributed by atoms with Crippen molar-refractivity contribution in [2.75, 3.05) is 7.11 Å². The molecule has 0 radical (unpaired) electrons. The molecule has 0 aromatic heterocycles. The molecule has 0 spiro atoms. The summed E-state index contributed by atoms with van der Waals surface area (Å²) in [7, 11) is 1.46. The van der Waals surface area contributed by atoms with Crippen molar-refractivity contribution >= 4 is 0 Å². The molecule has 78 valence electrons. The van der Waals surface area contributed by atoms with Crippen LogP contribution in [-0.4, -0.2) is 7.11 Å². The van der Waals surface area contributed by atoms with Crippen LogP contribution in [0, 0.1) is 5.82 Å². The zero-order valence-corrected chi connectivity index (χ0v) is 8.59. The van der Waals surface area contributed by atoms with Crippen LogP contribution in [0.5, 0.6) is 5.75 Å². The highest BCUT2D eigenvalue weighted by atomic mass is 19.1. The van der Waals surface area contributed by atoms with Gasteiger partial charge in [0.25, 0.3) is 0 Å². The molecule has 14 heavy (non-hydrogen) atoms. The molecule has 0 aliphatic rings. The first-order valence-corrected chi connectivity index (χ1v) is 4.78. The minimum atomic E-state index is -0.350. The van der Waals surface area contributed by atoms with E-state index in [1.165, 1.54) is 13.2 Å². The molecule has 3 heteroatoms. The third-order valence-electron chi connectivity index (χ3n) is 2.20. The number of halogens is 1. The van der Waals surface area contributed by atoms with E-state index < -0.39 is 0 Å². The van der Waals surface area contributed by atoms with Gasteiger partial charge < -0.3 is 10.5 Å². The summed E-state index contributed by atoms with van der Waals surface area (Å²) in [5, 5.41) is 0. The van der Waals surface area contributed by atoms with Crippen molar-refractivity contribution in [1.82, 2.24) is 0 Å². The van der Waals surface area contributed by atoms with E-state index >= 15 is 0 Å². The highest BCUT2D eigenvalue weighted by Gasteiger charge is 2.14. The summed E-state index contributed by atoms with van der Waals surface area (Å²) in [6.07, 6.45) is 1.81. The Bertz CT molecular complexity index is 301. The molecular weight excluding hydrogens is 181 g/mol. The number of para-hydroxylation sites is 1. The second kappa shape index (κ2) is 4.96. The normalized spacial score (nSPS) is 12.6. The maximum Gasteiger partial charge on any atom is 0.165 e. The van der Waals surface area contributed by atoms with E-state index in [0.717, 1.165) is 18.4 Å². The lowest BCUT2D eigenvalue weighted by Crippen LogP contribution is -2.11. The molecule has 1 rings (SSSR count). The predicted octanol–water partition coefficient (Wildman–Crippen LogP) is 2.63. The Kier molecular flexibility index (Phi) is 3.89. The van der Waals surface area contributed by atoms with Crippen LogP contribution in [0.15, 0.2) is 18.2 Å². The fraction of sp³-hybridized carbons (Fsp3) is 0.455. The van der Waals surface area contributed by atoms with Gasteiger partial charge >= 0.3 is 0 Å². The molecule has 2 N–H and O–H groups in total. The summed E-state index contributed by atoms with van der Waals surface area (Å²) in [6, 6.07) is 4.69. The third kappa shape index (κ3) is 2.23. The van der Waals surface area contributed by atoms with Crippen molar-refractivity contribution in [2.45, 2.75) is 25.8 Å². The molecular formula is C11H16FNO. The Balaban J connectivity index is 3.00. The molecule has 1 aromatic carbocycles. The molecule has 2 nitrogen and oxygen atoms in total. The van der Waals surface area contributed by atoms with Gasteiger partial charge in [-0.25, -0.2) is 4.39 Å². The molecule has 0 amide bonds. The van der Waals surface area contributed by atoms with E-state index in [4.69, 9.17) is 10.5 Å². The topological polar surface area (TPSA) is 35.2 Å².